The van der Waals surface area contributed by atoms with Crippen LogP contribution in [0, 0.1) is 0 Å². The molecule has 150 valence electrons. The van der Waals surface area contributed by atoms with Crippen molar-refractivity contribution in [1.29, 1.82) is 0 Å². The molecule has 4 nitrogen and oxygen atoms in total. The maximum atomic E-state index is 13.2. The molecule has 0 radical (unpaired) electrons. The van der Waals surface area contributed by atoms with Crippen LogP contribution >= 0.6 is 0 Å². The van der Waals surface area contributed by atoms with Gasteiger partial charge in [-0.25, -0.2) is 8.78 Å². The predicted molar refractivity (Wildman–Crippen MR) is 109 cm³/mol. The molecule has 29 heavy (non-hydrogen) atoms. The number of hydrogen-bond donors (Lipinski definition) is 0. The van der Waals surface area contributed by atoms with Crippen LogP contribution < -0.4 is 0 Å². The number of benzene rings is 2. The second-order valence-electron chi connectivity index (χ2n) is 7.45. The summed E-state index contributed by atoms with van der Waals surface area (Å²) in [5.41, 5.74) is 4.19. The number of carbonyl (C=O) groups excluding carboxylic acids is 1. The molecule has 0 saturated heterocycles. The van der Waals surface area contributed by atoms with Gasteiger partial charge in [0.1, 0.15) is 0 Å². The maximum absolute atomic E-state index is 13.2. The van der Waals surface area contributed by atoms with Crippen molar-refractivity contribution >= 4 is 16.8 Å². The van der Waals surface area contributed by atoms with Gasteiger partial charge < -0.3 is 4.90 Å². The van der Waals surface area contributed by atoms with Crippen molar-refractivity contribution in [2.24, 2.45) is 0 Å². The summed E-state index contributed by atoms with van der Waals surface area (Å²) in [7, 11) is 1.43. The molecule has 0 fully saturated rings. The number of alkyl halides is 2. The topological polar surface area (TPSA) is 36.4 Å². The van der Waals surface area contributed by atoms with Crippen molar-refractivity contribution in [2.75, 3.05) is 20.1 Å². The number of nitrogens with zero attached hydrogens (tertiary/aromatic N) is 3. The third kappa shape index (κ3) is 4.12. The van der Waals surface area contributed by atoms with Crippen molar-refractivity contribution in [1.82, 2.24) is 14.8 Å². The lowest BCUT2D eigenvalue weighted by Gasteiger charge is -2.31. The van der Waals surface area contributed by atoms with Crippen LogP contribution in [-0.2, 0) is 19.5 Å². The second-order valence-corrected chi connectivity index (χ2v) is 7.45. The van der Waals surface area contributed by atoms with E-state index in [0.717, 1.165) is 46.6 Å². The highest BCUT2D eigenvalue weighted by Crippen LogP contribution is 2.29. The van der Waals surface area contributed by atoms with Crippen LogP contribution in [0.25, 0.3) is 10.9 Å². The van der Waals surface area contributed by atoms with Crippen molar-refractivity contribution in [2.45, 2.75) is 25.9 Å². The van der Waals surface area contributed by atoms with E-state index < -0.39 is 13.0 Å². The van der Waals surface area contributed by atoms with Gasteiger partial charge in [-0.05, 0) is 11.6 Å². The maximum Gasteiger partial charge on any atom is 0.255 e. The number of aromatic nitrogens is 1. The van der Waals surface area contributed by atoms with Gasteiger partial charge in [0.05, 0.1) is 17.6 Å². The fourth-order valence-corrected chi connectivity index (χ4v) is 3.95. The summed E-state index contributed by atoms with van der Waals surface area (Å²) in [6.45, 7) is 1.60. The van der Waals surface area contributed by atoms with Crippen molar-refractivity contribution in [3.63, 3.8) is 0 Å². The highest BCUT2D eigenvalue weighted by molar-refractivity contribution is 6.07. The Hall–Kier alpha value is -2.86. The Balaban J connectivity index is 1.73. The Morgan fingerprint density at radius 1 is 1.14 bits per heavy atom. The summed E-state index contributed by atoms with van der Waals surface area (Å²) in [5, 5.41) is 0.721. The van der Waals surface area contributed by atoms with E-state index in [1.807, 2.05) is 42.5 Å². The number of halogens is 2. The van der Waals surface area contributed by atoms with E-state index in [1.165, 1.54) is 12.6 Å². The molecular formula is C23H23F2N3O. The summed E-state index contributed by atoms with van der Waals surface area (Å²) >= 11 is 0. The summed E-state index contributed by atoms with van der Waals surface area (Å²) in [4.78, 5) is 21.3. The van der Waals surface area contributed by atoms with Gasteiger partial charge in [-0.2, -0.15) is 0 Å². The molecule has 0 unspecified atom stereocenters. The molecule has 0 aliphatic carbocycles. The van der Waals surface area contributed by atoms with Crippen molar-refractivity contribution in [3.8, 4) is 0 Å². The molecule has 0 bridgehead atoms. The molecule has 0 N–H and O–H groups in total. The quantitative estimate of drug-likeness (QED) is 0.652. The third-order valence-electron chi connectivity index (χ3n) is 5.35. The van der Waals surface area contributed by atoms with Gasteiger partial charge in [0.15, 0.2) is 0 Å². The molecule has 0 saturated carbocycles. The first-order valence-corrected chi connectivity index (χ1v) is 9.73. The number of rotatable bonds is 5. The van der Waals surface area contributed by atoms with Crippen LogP contribution in [0.4, 0.5) is 8.78 Å². The molecule has 1 amide bonds. The average Bonchev–Trinajstić information content (AvgIpc) is 2.72. The van der Waals surface area contributed by atoms with Gasteiger partial charge in [0, 0.05) is 49.7 Å². The summed E-state index contributed by atoms with van der Waals surface area (Å²) in [6.07, 6.45) is -1.84. The smallest absolute Gasteiger partial charge is 0.255 e. The Bertz CT molecular complexity index is 1020. The van der Waals surface area contributed by atoms with Gasteiger partial charge in [0.2, 0.25) is 0 Å². The SMILES string of the molecule is CN(CC(F)F)C(=O)c1c2c(nc3ccccc13)CCN(Cc1ccccc1)C2. The van der Waals surface area contributed by atoms with Gasteiger partial charge in [-0.3, -0.25) is 14.7 Å². The average molecular weight is 395 g/mol. The predicted octanol–water partition coefficient (Wildman–Crippen LogP) is 4.13. The van der Waals surface area contributed by atoms with Crippen molar-refractivity contribution < 1.29 is 13.6 Å². The van der Waals surface area contributed by atoms with Crippen LogP contribution in [0.2, 0.25) is 0 Å². The molecule has 2 heterocycles. The Kier molecular flexibility index (Phi) is 5.53. The fourth-order valence-electron chi connectivity index (χ4n) is 3.95. The van der Waals surface area contributed by atoms with Gasteiger partial charge in [-0.1, -0.05) is 48.5 Å². The molecule has 2 aromatic carbocycles. The van der Waals surface area contributed by atoms with Crippen LogP contribution in [0.1, 0.15) is 27.2 Å². The van der Waals surface area contributed by atoms with Crippen molar-refractivity contribution in [3.05, 3.63) is 77.0 Å². The number of amides is 1. The standard InChI is InChI=1S/C23H23F2N3O/c1-27(15-21(24)25)23(29)22-17-9-5-6-10-19(17)26-20-11-12-28(14-18(20)22)13-16-7-3-2-4-8-16/h2-10,21H,11-15H2,1H3. The zero-order valence-electron chi connectivity index (χ0n) is 16.3. The minimum atomic E-state index is -2.57. The molecule has 0 atom stereocenters. The molecule has 1 aliphatic rings. The van der Waals surface area contributed by atoms with Crippen LogP contribution in [-0.4, -0.2) is 47.3 Å². The zero-order chi connectivity index (χ0) is 20.4. The monoisotopic (exact) mass is 395 g/mol. The molecule has 6 heteroatoms. The highest BCUT2D eigenvalue weighted by Gasteiger charge is 2.28. The Morgan fingerprint density at radius 2 is 1.86 bits per heavy atom. The molecule has 3 aromatic rings. The van der Waals surface area contributed by atoms with E-state index in [9.17, 15) is 13.6 Å². The largest absolute Gasteiger partial charge is 0.336 e. The van der Waals surface area contributed by atoms with E-state index in [1.54, 1.807) is 0 Å². The summed E-state index contributed by atoms with van der Waals surface area (Å²) < 4.78 is 25.8. The van der Waals surface area contributed by atoms with Gasteiger partial charge in [-0.15, -0.1) is 0 Å². The highest BCUT2D eigenvalue weighted by atomic mass is 19.3. The van der Waals surface area contributed by atoms with E-state index in [2.05, 4.69) is 17.0 Å². The molecule has 1 aromatic heterocycles. The van der Waals surface area contributed by atoms with E-state index >= 15 is 0 Å². The van der Waals surface area contributed by atoms with Crippen LogP contribution in [0.15, 0.2) is 54.6 Å². The van der Waals surface area contributed by atoms with E-state index in [4.69, 9.17) is 4.98 Å². The second kappa shape index (κ2) is 8.25. The number of para-hydroxylation sites is 1. The number of carbonyl (C=O) groups is 1. The lowest BCUT2D eigenvalue weighted by molar-refractivity contribution is 0.0619. The molecule has 0 spiro atoms. The van der Waals surface area contributed by atoms with Gasteiger partial charge in [0.25, 0.3) is 12.3 Å². The third-order valence-corrected chi connectivity index (χ3v) is 5.35. The minimum Gasteiger partial charge on any atom is -0.336 e. The van der Waals surface area contributed by atoms with E-state index in [-0.39, 0.29) is 5.91 Å². The Morgan fingerprint density at radius 3 is 2.62 bits per heavy atom. The lowest BCUT2D eigenvalue weighted by atomic mass is 9.94. The van der Waals surface area contributed by atoms with Gasteiger partial charge >= 0.3 is 0 Å². The normalized spacial score (nSPS) is 14.2. The first kappa shape index (κ1) is 19.5. The number of hydrogen-bond acceptors (Lipinski definition) is 3. The Labute approximate surface area is 168 Å². The molecule has 4 rings (SSSR count). The molecule has 1 aliphatic heterocycles. The molecular weight excluding hydrogens is 372 g/mol. The first-order valence-electron chi connectivity index (χ1n) is 9.73. The van der Waals surface area contributed by atoms with Crippen LogP contribution in [0.5, 0.6) is 0 Å². The number of fused-ring (bicyclic) bond motifs is 2. The minimum absolute atomic E-state index is 0.373. The summed E-state index contributed by atoms with van der Waals surface area (Å²) in [6, 6.07) is 17.6. The van der Waals surface area contributed by atoms with E-state index in [0.29, 0.717) is 12.1 Å². The zero-order valence-corrected chi connectivity index (χ0v) is 16.3. The fraction of sp³-hybridized carbons (Fsp3) is 0.304. The lowest BCUT2D eigenvalue weighted by Crippen LogP contribution is -2.36. The summed E-state index contributed by atoms with van der Waals surface area (Å²) in [5.74, 6) is -0.373. The number of pyridine rings is 1. The van der Waals surface area contributed by atoms with Crippen LogP contribution in [0.3, 0.4) is 0 Å². The first-order chi connectivity index (χ1) is 14.0.